The fourth-order valence-corrected chi connectivity index (χ4v) is 3.48. The quantitative estimate of drug-likeness (QED) is 0.620. The third-order valence-electron chi connectivity index (χ3n) is 3.98. The van der Waals surface area contributed by atoms with Crippen LogP contribution in [-0.2, 0) is 20.7 Å². The highest BCUT2D eigenvalue weighted by atomic mass is 35.5. The van der Waals surface area contributed by atoms with Crippen LogP contribution in [0.2, 0.25) is 0 Å². The summed E-state index contributed by atoms with van der Waals surface area (Å²) in [7, 11) is 0. The molecule has 4 heteroatoms. The first-order valence-corrected chi connectivity index (χ1v) is 7.26. The first-order chi connectivity index (χ1) is 9.65. The molecule has 1 aromatic carbocycles. The molecular weight excluding hydrogens is 276 g/mol. The van der Waals surface area contributed by atoms with Gasteiger partial charge in [0.2, 0.25) is 0 Å². The van der Waals surface area contributed by atoms with Crippen molar-refractivity contribution in [2.45, 2.75) is 32.1 Å². The lowest BCUT2D eigenvalue weighted by Crippen LogP contribution is -2.29. The van der Waals surface area contributed by atoms with Gasteiger partial charge in [-0.15, -0.1) is 0 Å². The minimum Gasteiger partial charge on any atom is -0.462 e. The van der Waals surface area contributed by atoms with Crippen molar-refractivity contribution in [1.29, 1.82) is 0 Å². The van der Waals surface area contributed by atoms with Crippen LogP contribution in [-0.4, -0.2) is 18.4 Å². The largest absolute Gasteiger partial charge is 0.462 e. The number of Topliss-reactive ketones (excluding diaryl/α,β-unsaturated/α-hetero) is 1. The highest BCUT2D eigenvalue weighted by molar-refractivity contribution is 6.55. The molecule has 0 N–H and O–H groups in total. The molecule has 0 aliphatic heterocycles. The Bertz CT molecular complexity index is 631. The highest BCUT2D eigenvalue weighted by Crippen LogP contribution is 2.45. The first kappa shape index (κ1) is 13.4. The van der Waals surface area contributed by atoms with E-state index in [1.54, 1.807) is 6.92 Å². The number of esters is 1. The Hall–Kier alpha value is -1.61. The molecule has 0 spiro atoms. The lowest BCUT2D eigenvalue weighted by atomic mass is 9.73. The molecule has 104 valence electrons. The van der Waals surface area contributed by atoms with Crippen LogP contribution in [0.25, 0.3) is 5.03 Å². The maximum Gasteiger partial charge on any atom is 0.343 e. The smallest absolute Gasteiger partial charge is 0.343 e. The summed E-state index contributed by atoms with van der Waals surface area (Å²) in [5.74, 6) is -1.03. The molecule has 2 aliphatic carbocycles. The maximum atomic E-state index is 12.6. The summed E-state index contributed by atoms with van der Waals surface area (Å²) in [6, 6.07) is 5.85. The number of carbonyl (C=O) groups is 2. The molecule has 0 saturated carbocycles. The number of carbonyl (C=O) groups excluding carboxylic acids is 2. The zero-order chi connectivity index (χ0) is 14.3. The van der Waals surface area contributed by atoms with Gasteiger partial charge in [-0.05, 0) is 42.9 Å². The second kappa shape index (κ2) is 5.06. The summed E-state index contributed by atoms with van der Waals surface area (Å²) in [6.45, 7) is 1.95. The molecule has 0 amide bonds. The predicted molar refractivity (Wildman–Crippen MR) is 76.5 cm³/mol. The zero-order valence-corrected chi connectivity index (χ0v) is 12.0. The van der Waals surface area contributed by atoms with E-state index < -0.39 is 5.97 Å². The average Bonchev–Trinajstić information content (AvgIpc) is 2.45. The molecule has 0 saturated heterocycles. The van der Waals surface area contributed by atoms with Gasteiger partial charge in [0.05, 0.1) is 11.6 Å². The maximum absolute atomic E-state index is 12.6. The zero-order valence-electron chi connectivity index (χ0n) is 11.2. The Kier molecular flexibility index (Phi) is 3.38. The molecule has 0 aromatic heterocycles. The summed E-state index contributed by atoms with van der Waals surface area (Å²) in [4.78, 5) is 24.6. The van der Waals surface area contributed by atoms with E-state index in [4.69, 9.17) is 16.3 Å². The van der Waals surface area contributed by atoms with Gasteiger partial charge >= 0.3 is 5.97 Å². The molecule has 0 bridgehead atoms. The summed E-state index contributed by atoms with van der Waals surface area (Å²) in [6.07, 6.45) is 2.70. The average molecular weight is 291 g/mol. The second-order valence-electron chi connectivity index (χ2n) is 5.10. The minimum atomic E-state index is -0.607. The summed E-state index contributed by atoms with van der Waals surface area (Å²) in [5, 5.41) is 0.239. The Labute approximate surface area is 122 Å². The Morgan fingerprint density at radius 2 is 2.25 bits per heavy atom. The molecule has 3 rings (SSSR count). The SMILES string of the molecule is CCOC(=O)C1=C(Cl)c2cccc3c2C(CCC3)C1=O. The molecule has 0 fully saturated rings. The number of halogens is 1. The Balaban J connectivity index is 2.20. The summed E-state index contributed by atoms with van der Waals surface area (Å²) in [5.41, 5.74) is 3.02. The van der Waals surface area contributed by atoms with Crippen molar-refractivity contribution in [3.8, 4) is 0 Å². The lowest BCUT2D eigenvalue weighted by molar-refractivity contribution is -0.140. The third-order valence-corrected chi connectivity index (χ3v) is 4.37. The van der Waals surface area contributed by atoms with E-state index in [2.05, 4.69) is 0 Å². The van der Waals surface area contributed by atoms with Crippen molar-refractivity contribution in [1.82, 2.24) is 0 Å². The summed E-state index contributed by atoms with van der Waals surface area (Å²) < 4.78 is 4.98. The third kappa shape index (κ3) is 1.88. The van der Waals surface area contributed by atoms with E-state index in [1.807, 2.05) is 18.2 Å². The number of benzene rings is 1. The van der Waals surface area contributed by atoms with Gasteiger partial charge in [0.15, 0.2) is 5.78 Å². The number of rotatable bonds is 2. The van der Waals surface area contributed by atoms with Crippen molar-refractivity contribution < 1.29 is 14.3 Å². The number of ketones is 1. The molecule has 0 radical (unpaired) electrons. The highest BCUT2D eigenvalue weighted by Gasteiger charge is 2.39. The van der Waals surface area contributed by atoms with Crippen molar-refractivity contribution >= 4 is 28.4 Å². The fraction of sp³-hybridized carbons (Fsp3) is 0.375. The summed E-state index contributed by atoms with van der Waals surface area (Å²) >= 11 is 6.31. The van der Waals surface area contributed by atoms with E-state index in [-0.39, 0.29) is 28.9 Å². The van der Waals surface area contributed by atoms with Crippen LogP contribution in [0.5, 0.6) is 0 Å². The molecular formula is C16H15ClO3. The number of hydrogen-bond acceptors (Lipinski definition) is 3. The van der Waals surface area contributed by atoms with Gasteiger partial charge < -0.3 is 4.74 Å². The fourth-order valence-electron chi connectivity index (χ4n) is 3.15. The van der Waals surface area contributed by atoms with Crippen LogP contribution >= 0.6 is 11.6 Å². The molecule has 20 heavy (non-hydrogen) atoms. The van der Waals surface area contributed by atoms with Gasteiger partial charge in [-0.3, -0.25) is 4.79 Å². The number of aryl methyl sites for hydroxylation is 1. The molecule has 0 heterocycles. The van der Waals surface area contributed by atoms with E-state index >= 15 is 0 Å². The van der Waals surface area contributed by atoms with Crippen LogP contribution in [0, 0.1) is 0 Å². The molecule has 1 atom stereocenters. The van der Waals surface area contributed by atoms with E-state index in [1.165, 1.54) is 5.56 Å². The second-order valence-corrected chi connectivity index (χ2v) is 5.47. The van der Waals surface area contributed by atoms with Crippen LogP contribution in [0.1, 0.15) is 42.4 Å². The van der Waals surface area contributed by atoms with Crippen LogP contribution in [0.15, 0.2) is 23.8 Å². The molecule has 1 unspecified atom stereocenters. The Morgan fingerprint density at radius 3 is 3.00 bits per heavy atom. The topological polar surface area (TPSA) is 43.4 Å². The first-order valence-electron chi connectivity index (χ1n) is 6.88. The molecule has 1 aromatic rings. The lowest BCUT2D eigenvalue weighted by Gasteiger charge is -2.31. The van der Waals surface area contributed by atoms with Gasteiger partial charge in [0.25, 0.3) is 0 Å². The van der Waals surface area contributed by atoms with Gasteiger partial charge in [0.1, 0.15) is 5.57 Å². The van der Waals surface area contributed by atoms with Crippen LogP contribution in [0.3, 0.4) is 0 Å². The standard InChI is InChI=1S/C16H15ClO3/c1-2-20-16(19)13-14(17)10-7-3-5-9-6-4-8-11(12(9)10)15(13)18/h3,5,7,11H,2,4,6,8H2,1H3. The van der Waals surface area contributed by atoms with Crippen molar-refractivity contribution in [2.75, 3.05) is 6.61 Å². The van der Waals surface area contributed by atoms with Gasteiger partial charge in [-0.25, -0.2) is 4.79 Å². The van der Waals surface area contributed by atoms with Gasteiger partial charge in [-0.1, -0.05) is 29.8 Å². The van der Waals surface area contributed by atoms with Crippen LogP contribution in [0.4, 0.5) is 0 Å². The number of hydrogen-bond donors (Lipinski definition) is 0. The predicted octanol–water partition coefficient (Wildman–Crippen LogP) is 3.20. The van der Waals surface area contributed by atoms with Crippen molar-refractivity contribution in [3.05, 3.63) is 40.5 Å². The Morgan fingerprint density at radius 1 is 1.45 bits per heavy atom. The van der Waals surface area contributed by atoms with E-state index in [9.17, 15) is 9.59 Å². The normalized spacial score (nSPS) is 20.7. The minimum absolute atomic E-state index is 0.0186. The van der Waals surface area contributed by atoms with Crippen LogP contribution < -0.4 is 0 Å². The monoisotopic (exact) mass is 290 g/mol. The van der Waals surface area contributed by atoms with E-state index in [0.717, 1.165) is 30.4 Å². The number of ether oxygens (including phenoxy) is 1. The molecule has 2 aliphatic rings. The van der Waals surface area contributed by atoms with Gasteiger partial charge in [0, 0.05) is 5.92 Å². The van der Waals surface area contributed by atoms with E-state index in [0.29, 0.717) is 0 Å². The molecule has 3 nitrogen and oxygen atoms in total. The van der Waals surface area contributed by atoms with Gasteiger partial charge in [-0.2, -0.15) is 0 Å². The van der Waals surface area contributed by atoms with Crippen molar-refractivity contribution in [2.24, 2.45) is 0 Å². The van der Waals surface area contributed by atoms with Crippen molar-refractivity contribution in [3.63, 3.8) is 0 Å².